The van der Waals surface area contributed by atoms with Crippen molar-refractivity contribution in [2.45, 2.75) is 32.2 Å². The van der Waals surface area contributed by atoms with Crippen LogP contribution in [0.5, 0.6) is 5.75 Å². The normalized spacial score (nSPS) is 18.1. The van der Waals surface area contributed by atoms with Gasteiger partial charge >= 0.3 is 6.36 Å². The SMILES string of the molecule is CN/C=C(\C=N)[C@H]1[C@H](C(=O)Nc2cc(F)cc(OC(F)(F)F)c2)c2ccccc2C(=O)N1CC(C)C. The van der Waals surface area contributed by atoms with Crippen molar-refractivity contribution in [1.82, 2.24) is 10.2 Å². The second-order valence-electron chi connectivity index (χ2n) is 8.65. The molecule has 3 rings (SSSR count). The van der Waals surface area contributed by atoms with Gasteiger partial charge in [0.15, 0.2) is 0 Å². The molecule has 2 aromatic carbocycles. The van der Waals surface area contributed by atoms with Gasteiger partial charge in [-0.05, 0) is 23.6 Å². The van der Waals surface area contributed by atoms with Gasteiger partial charge in [0.05, 0.1) is 12.0 Å². The van der Waals surface area contributed by atoms with Crippen molar-refractivity contribution in [3.63, 3.8) is 0 Å². The number of nitrogens with zero attached hydrogens (tertiary/aromatic N) is 1. The lowest BCUT2D eigenvalue weighted by molar-refractivity contribution is -0.274. The van der Waals surface area contributed by atoms with E-state index in [0.717, 1.165) is 18.3 Å². The number of halogens is 4. The number of nitrogens with one attached hydrogen (secondary N) is 3. The van der Waals surface area contributed by atoms with Gasteiger partial charge in [0.2, 0.25) is 5.91 Å². The summed E-state index contributed by atoms with van der Waals surface area (Å²) < 4.78 is 55.8. The molecule has 3 N–H and O–H groups in total. The Hall–Kier alpha value is -3.89. The first-order valence-corrected chi connectivity index (χ1v) is 11.1. The minimum atomic E-state index is -5.04. The van der Waals surface area contributed by atoms with Gasteiger partial charge in [0.1, 0.15) is 11.6 Å². The third-order valence-electron chi connectivity index (χ3n) is 5.47. The molecule has 0 spiro atoms. The maximum Gasteiger partial charge on any atom is 0.573 e. The number of carbonyl (C=O) groups excluding carboxylic acids is 2. The number of amides is 2. The van der Waals surface area contributed by atoms with E-state index in [9.17, 15) is 27.2 Å². The molecule has 1 aliphatic rings. The average Bonchev–Trinajstić information content (AvgIpc) is 2.77. The third-order valence-corrected chi connectivity index (χ3v) is 5.47. The first kappa shape index (κ1) is 26.7. The Morgan fingerprint density at radius 1 is 1.22 bits per heavy atom. The summed E-state index contributed by atoms with van der Waals surface area (Å²) in [5.41, 5.74) is 0.763. The molecule has 2 atom stereocenters. The van der Waals surface area contributed by atoms with E-state index >= 15 is 0 Å². The van der Waals surface area contributed by atoms with Crippen molar-refractivity contribution in [2.24, 2.45) is 5.92 Å². The fraction of sp³-hybridized carbons (Fsp3) is 0.320. The minimum Gasteiger partial charge on any atom is -0.406 e. The molecule has 0 saturated carbocycles. The molecule has 0 bridgehead atoms. The summed E-state index contributed by atoms with van der Waals surface area (Å²) in [4.78, 5) is 28.6. The smallest absolute Gasteiger partial charge is 0.406 e. The molecule has 0 aromatic heterocycles. The Labute approximate surface area is 205 Å². The highest BCUT2D eigenvalue weighted by Crippen LogP contribution is 2.38. The lowest BCUT2D eigenvalue weighted by Crippen LogP contribution is -2.53. The van der Waals surface area contributed by atoms with Crippen LogP contribution in [0.1, 0.15) is 35.7 Å². The van der Waals surface area contributed by atoms with Crippen molar-refractivity contribution in [1.29, 1.82) is 5.41 Å². The number of hydrogen-bond donors (Lipinski definition) is 3. The van der Waals surface area contributed by atoms with Gasteiger partial charge in [-0.25, -0.2) is 4.39 Å². The third kappa shape index (κ3) is 6.02. The Balaban J connectivity index is 2.11. The maximum absolute atomic E-state index is 14.1. The van der Waals surface area contributed by atoms with Crippen LogP contribution < -0.4 is 15.4 Å². The van der Waals surface area contributed by atoms with Crippen LogP contribution in [0.3, 0.4) is 0 Å². The Morgan fingerprint density at radius 2 is 1.92 bits per heavy atom. The molecular weight excluding hydrogens is 480 g/mol. The lowest BCUT2D eigenvalue weighted by atomic mass is 9.79. The first-order valence-electron chi connectivity index (χ1n) is 11.1. The standard InChI is InChI=1S/C25H26F4N4O3/c1-14(2)13-33-22(15(11-30)12-31-3)21(19-6-4-5-7-20(19)24(33)35)23(34)32-17-8-16(26)9-18(10-17)36-25(27,28)29/h4-12,14,21-22,30-31H,13H2,1-3H3,(H,32,34)/b15-12+,30-11?/t21-,22+/m1/s1. The number of alkyl halides is 3. The van der Waals surface area contributed by atoms with Crippen molar-refractivity contribution in [3.8, 4) is 5.75 Å². The molecule has 192 valence electrons. The number of fused-ring (bicyclic) bond motifs is 1. The van der Waals surface area contributed by atoms with Gasteiger partial charge < -0.3 is 25.7 Å². The predicted molar refractivity (Wildman–Crippen MR) is 126 cm³/mol. The largest absolute Gasteiger partial charge is 0.573 e. The van der Waals surface area contributed by atoms with E-state index < -0.39 is 35.8 Å². The maximum atomic E-state index is 14.1. The predicted octanol–water partition coefficient (Wildman–Crippen LogP) is 4.68. The molecule has 36 heavy (non-hydrogen) atoms. The molecular formula is C25H26F4N4O3. The van der Waals surface area contributed by atoms with E-state index in [4.69, 9.17) is 5.41 Å². The van der Waals surface area contributed by atoms with Gasteiger partial charge in [-0.2, -0.15) is 0 Å². The molecule has 0 radical (unpaired) electrons. The molecule has 0 unspecified atom stereocenters. The number of anilines is 1. The molecule has 7 nitrogen and oxygen atoms in total. The van der Waals surface area contributed by atoms with Crippen molar-refractivity contribution >= 4 is 23.7 Å². The second kappa shape index (κ2) is 10.8. The summed E-state index contributed by atoms with van der Waals surface area (Å²) in [7, 11) is 1.61. The molecule has 0 aliphatic carbocycles. The highest BCUT2D eigenvalue weighted by Gasteiger charge is 2.45. The molecule has 1 heterocycles. The fourth-order valence-electron chi connectivity index (χ4n) is 4.27. The van der Waals surface area contributed by atoms with Crippen LogP contribution >= 0.6 is 0 Å². The zero-order valence-electron chi connectivity index (χ0n) is 19.8. The summed E-state index contributed by atoms with van der Waals surface area (Å²) in [6.45, 7) is 4.08. The van der Waals surface area contributed by atoms with E-state index in [2.05, 4.69) is 15.4 Å². The number of ether oxygens (including phenoxy) is 1. The topological polar surface area (TPSA) is 94.5 Å². The number of rotatable bonds is 8. The monoisotopic (exact) mass is 506 g/mol. The van der Waals surface area contributed by atoms with Crippen molar-refractivity contribution < 1.29 is 31.9 Å². The van der Waals surface area contributed by atoms with Gasteiger partial charge in [0, 0.05) is 55.0 Å². The van der Waals surface area contributed by atoms with E-state index in [0.29, 0.717) is 22.8 Å². The fourth-order valence-corrected chi connectivity index (χ4v) is 4.27. The van der Waals surface area contributed by atoms with Crippen LogP contribution in [0.15, 0.2) is 54.2 Å². The number of carbonyl (C=O) groups is 2. The molecule has 1 aliphatic heterocycles. The highest BCUT2D eigenvalue weighted by atomic mass is 19.4. The number of hydrogen-bond acceptors (Lipinski definition) is 5. The van der Waals surface area contributed by atoms with E-state index in [1.807, 2.05) is 13.8 Å². The molecule has 2 aromatic rings. The lowest BCUT2D eigenvalue weighted by Gasteiger charge is -2.42. The van der Waals surface area contributed by atoms with Crippen LogP contribution in [0.2, 0.25) is 0 Å². The molecule has 0 fully saturated rings. The van der Waals surface area contributed by atoms with Gasteiger partial charge in [-0.15, -0.1) is 13.2 Å². The highest BCUT2D eigenvalue weighted by molar-refractivity contribution is 6.06. The molecule has 0 saturated heterocycles. The Morgan fingerprint density at radius 3 is 2.53 bits per heavy atom. The van der Waals surface area contributed by atoms with Crippen LogP contribution in [-0.4, -0.2) is 48.9 Å². The molecule has 11 heteroatoms. The van der Waals surface area contributed by atoms with Crippen molar-refractivity contribution in [2.75, 3.05) is 18.9 Å². The number of benzene rings is 2. The zero-order valence-corrected chi connectivity index (χ0v) is 19.8. The van der Waals surface area contributed by atoms with Gasteiger partial charge in [-0.3, -0.25) is 9.59 Å². The Kier molecular flexibility index (Phi) is 8.01. The zero-order chi connectivity index (χ0) is 26.6. The second-order valence-corrected chi connectivity index (χ2v) is 8.65. The van der Waals surface area contributed by atoms with Crippen LogP contribution in [0.25, 0.3) is 0 Å². The van der Waals surface area contributed by atoms with E-state index in [-0.39, 0.29) is 24.1 Å². The minimum absolute atomic E-state index is 0.0253. The molecule has 2 amide bonds. The van der Waals surface area contributed by atoms with E-state index in [1.165, 1.54) is 11.1 Å². The summed E-state index contributed by atoms with van der Waals surface area (Å²) in [6, 6.07) is 7.89. The van der Waals surface area contributed by atoms with Crippen molar-refractivity contribution in [3.05, 3.63) is 71.2 Å². The first-order chi connectivity index (χ1) is 16.9. The summed E-state index contributed by atoms with van der Waals surface area (Å²) in [6.07, 6.45) is -2.51. The quantitative estimate of drug-likeness (QED) is 0.358. The summed E-state index contributed by atoms with van der Waals surface area (Å²) in [5, 5.41) is 13.2. The summed E-state index contributed by atoms with van der Waals surface area (Å²) in [5.74, 6) is -3.90. The van der Waals surface area contributed by atoms with Crippen LogP contribution in [0, 0.1) is 17.1 Å². The van der Waals surface area contributed by atoms with Crippen LogP contribution in [-0.2, 0) is 4.79 Å². The van der Waals surface area contributed by atoms with Gasteiger partial charge in [0.25, 0.3) is 5.91 Å². The van der Waals surface area contributed by atoms with Gasteiger partial charge in [-0.1, -0.05) is 32.0 Å². The Bertz CT molecular complexity index is 1180. The average molecular weight is 507 g/mol. The van der Waals surface area contributed by atoms with E-state index in [1.54, 1.807) is 31.3 Å². The summed E-state index contributed by atoms with van der Waals surface area (Å²) >= 11 is 0. The van der Waals surface area contributed by atoms with Crippen LogP contribution in [0.4, 0.5) is 23.2 Å².